The van der Waals surface area contributed by atoms with E-state index in [4.69, 9.17) is 4.74 Å². The number of aliphatic hydroxyl groups is 1. The van der Waals surface area contributed by atoms with Gasteiger partial charge in [0, 0.05) is 24.7 Å². The van der Waals surface area contributed by atoms with Gasteiger partial charge >= 0.3 is 5.97 Å². The number of benzene rings is 1. The van der Waals surface area contributed by atoms with Gasteiger partial charge in [-0.2, -0.15) is 0 Å². The Hall–Kier alpha value is -2.91. The summed E-state index contributed by atoms with van der Waals surface area (Å²) in [6.45, 7) is 2.60. The van der Waals surface area contributed by atoms with Crippen LogP contribution in [0.25, 0.3) is 0 Å². The van der Waals surface area contributed by atoms with E-state index in [9.17, 15) is 14.7 Å². The SMILES string of the molecule is O=C(C[N+]12CCC(CC1)[C@@H](OC(=O)C(O)(c1ccccc1)C1CCCCC1)C2)Nc1ncncn1. The van der Waals surface area contributed by atoms with Crippen molar-refractivity contribution >= 4 is 17.8 Å². The molecule has 2 atom stereocenters. The summed E-state index contributed by atoms with van der Waals surface area (Å²) in [6.07, 6.45) is 8.94. The molecule has 9 nitrogen and oxygen atoms in total. The summed E-state index contributed by atoms with van der Waals surface area (Å²) in [5.41, 5.74) is -1.03. The summed E-state index contributed by atoms with van der Waals surface area (Å²) in [7, 11) is 0. The molecule has 9 heteroatoms. The first-order valence-corrected chi connectivity index (χ1v) is 12.7. The third-order valence-corrected chi connectivity index (χ3v) is 8.24. The van der Waals surface area contributed by atoms with Crippen molar-refractivity contribution in [1.82, 2.24) is 15.0 Å². The molecule has 1 unspecified atom stereocenters. The van der Waals surface area contributed by atoms with Crippen LogP contribution in [-0.2, 0) is 19.9 Å². The van der Waals surface area contributed by atoms with Crippen LogP contribution in [0.3, 0.4) is 0 Å². The first kappa shape index (κ1) is 23.8. The molecule has 4 aliphatic rings. The molecule has 2 bridgehead atoms. The number of carbonyl (C=O) groups is 2. The Morgan fingerprint density at radius 3 is 2.40 bits per heavy atom. The number of hydrogen-bond donors (Lipinski definition) is 2. The van der Waals surface area contributed by atoms with E-state index in [0.29, 0.717) is 16.6 Å². The van der Waals surface area contributed by atoms with Crippen LogP contribution in [0.1, 0.15) is 50.5 Å². The third kappa shape index (κ3) is 4.92. The van der Waals surface area contributed by atoms with E-state index in [-0.39, 0.29) is 36.3 Å². The number of esters is 1. The van der Waals surface area contributed by atoms with Gasteiger partial charge in [0.25, 0.3) is 5.91 Å². The number of amides is 1. The number of nitrogens with one attached hydrogen (secondary N) is 1. The fourth-order valence-electron chi connectivity index (χ4n) is 6.31. The lowest BCUT2D eigenvalue weighted by Crippen LogP contribution is -2.66. The minimum absolute atomic E-state index is 0.151. The monoisotopic (exact) mass is 480 g/mol. The number of aromatic nitrogens is 3. The zero-order valence-electron chi connectivity index (χ0n) is 20.0. The Labute approximate surface area is 205 Å². The van der Waals surface area contributed by atoms with Crippen LogP contribution >= 0.6 is 0 Å². The smallest absolute Gasteiger partial charge is 0.343 e. The maximum absolute atomic E-state index is 13.7. The van der Waals surface area contributed by atoms with E-state index in [1.807, 2.05) is 30.3 Å². The Morgan fingerprint density at radius 2 is 1.71 bits per heavy atom. The van der Waals surface area contributed by atoms with Crippen LogP contribution in [0.4, 0.5) is 5.95 Å². The molecule has 2 aromatic rings. The number of piperidine rings is 3. The highest BCUT2D eigenvalue weighted by Gasteiger charge is 2.52. The van der Waals surface area contributed by atoms with Crippen molar-refractivity contribution in [2.45, 2.75) is 56.7 Å². The minimum Gasteiger partial charge on any atom is -0.454 e. The highest BCUT2D eigenvalue weighted by atomic mass is 16.6. The van der Waals surface area contributed by atoms with E-state index in [1.165, 1.54) is 12.7 Å². The Morgan fingerprint density at radius 1 is 1.03 bits per heavy atom. The van der Waals surface area contributed by atoms with Gasteiger partial charge in [0.1, 0.15) is 19.2 Å². The van der Waals surface area contributed by atoms with Crippen molar-refractivity contribution in [3.63, 3.8) is 0 Å². The van der Waals surface area contributed by atoms with E-state index >= 15 is 0 Å². The second kappa shape index (κ2) is 9.99. The minimum atomic E-state index is -1.64. The van der Waals surface area contributed by atoms with Gasteiger partial charge in [0.05, 0.1) is 13.1 Å². The van der Waals surface area contributed by atoms with Crippen LogP contribution in [0.5, 0.6) is 0 Å². The fraction of sp³-hybridized carbons (Fsp3) is 0.577. The molecule has 4 heterocycles. The second-order valence-corrected chi connectivity index (χ2v) is 10.4. The van der Waals surface area contributed by atoms with Crippen LogP contribution in [0.15, 0.2) is 43.0 Å². The van der Waals surface area contributed by atoms with Gasteiger partial charge in [-0.05, 0) is 18.4 Å². The highest BCUT2D eigenvalue weighted by molar-refractivity contribution is 5.89. The quantitative estimate of drug-likeness (QED) is 0.462. The van der Waals surface area contributed by atoms with Crippen molar-refractivity contribution in [3.8, 4) is 0 Å². The second-order valence-electron chi connectivity index (χ2n) is 10.4. The third-order valence-electron chi connectivity index (χ3n) is 8.24. The fourth-order valence-corrected chi connectivity index (χ4v) is 6.31. The number of fused-ring (bicyclic) bond motifs is 3. The van der Waals surface area contributed by atoms with E-state index in [2.05, 4.69) is 20.3 Å². The van der Waals surface area contributed by atoms with E-state index in [1.54, 1.807) is 0 Å². The number of hydrogen-bond acceptors (Lipinski definition) is 7. The molecule has 35 heavy (non-hydrogen) atoms. The number of carbonyl (C=O) groups excluding carboxylic acids is 2. The predicted molar refractivity (Wildman–Crippen MR) is 128 cm³/mol. The summed E-state index contributed by atoms with van der Waals surface area (Å²) >= 11 is 0. The Kier molecular flexibility index (Phi) is 6.80. The van der Waals surface area contributed by atoms with Crippen molar-refractivity contribution in [1.29, 1.82) is 0 Å². The molecule has 186 valence electrons. The average molecular weight is 481 g/mol. The molecule has 1 saturated carbocycles. The normalized spacial score (nSPS) is 28.1. The van der Waals surface area contributed by atoms with Gasteiger partial charge < -0.3 is 14.3 Å². The number of rotatable bonds is 7. The number of ether oxygens (including phenoxy) is 1. The van der Waals surface area contributed by atoms with E-state index in [0.717, 1.165) is 58.0 Å². The average Bonchev–Trinajstić information content (AvgIpc) is 2.90. The van der Waals surface area contributed by atoms with Crippen LogP contribution in [0, 0.1) is 11.8 Å². The van der Waals surface area contributed by atoms with Crippen LogP contribution < -0.4 is 5.32 Å². The predicted octanol–water partition coefficient (Wildman–Crippen LogP) is 2.43. The number of nitrogens with zero attached hydrogens (tertiary/aromatic N) is 4. The maximum atomic E-state index is 13.7. The molecular formula is C26H34N5O4+. The van der Waals surface area contributed by atoms with Crippen molar-refractivity contribution in [3.05, 3.63) is 48.5 Å². The molecule has 0 radical (unpaired) electrons. The summed E-state index contributed by atoms with van der Waals surface area (Å²) in [6, 6.07) is 9.25. The molecule has 6 rings (SSSR count). The molecule has 3 aliphatic heterocycles. The molecule has 1 aliphatic carbocycles. The van der Waals surface area contributed by atoms with E-state index < -0.39 is 11.6 Å². The largest absolute Gasteiger partial charge is 0.454 e. The van der Waals surface area contributed by atoms with Gasteiger partial charge in [0.15, 0.2) is 18.2 Å². The molecule has 0 spiro atoms. The topological polar surface area (TPSA) is 114 Å². The molecular weight excluding hydrogens is 446 g/mol. The standard InChI is InChI=1S/C26H33N5O4/c32-23(30-25-28-17-27-18-29-25)16-31-13-11-19(12-14-31)22(15-31)35-24(33)26(34,20-7-3-1-4-8-20)21-9-5-2-6-10-21/h1,3-4,7-8,17-19,21-22,34H,2,5-6,9-16H2/p+1/t19?,22-,26?,31?/m0/s1. The first-order valence-electron chi connectivity index (χ1n) is 12.7. The summed E-state index contributed by atoms with van der Waals surface area (Å²) in [4.78, 5) is 38.2. The Balaban J connectivity index is 1.30. The van der Waals surface area contributed by atoms with Crippen LogP contribution in [-0.4, -0.2) is 68.7 Å². The zero-order chi connectivity index (χ0) is 24.3. The first-order chi connectivity index (χ1) is 17.0. The summed E-state index contributed by atoms with van der Waals surface area (Å²) in [5, 5.41) is 14.6. The lowest BCUT2D eigenvalue weighted by molar-refractivity contribution is -0.939. The molecule has 1 aromatic carbocycles. The van der Waals surface area contributed by atoms with Gasteiger partial charge in [0.2, 0.25) is 5.95 Å². The molecule has 1 amide bonds. The molecule has 4 fully saturated rings. The number of quaternary nitrogens is 1. The van der Waals surface area contributed by atoms with Crippen molar-refractivity contribution in [2.75, 3.05) is 31.5 Å². The van der Waals surface area contributed by atoms with Crippen molar-refractivity contribution < 1.29 is 23.9 Å². The zero-order valence-corrected chi connectivity index (χ0v) is 20.0. The Bertz CT molecular complexity index is 1020. The molecule has 2 N–H and O–H groups in total. The highest BCUT2D eigenvalue weighted by Crippen LogP contribution is 2.42. The van der Waals surface area contributed by atoms with Gasteiger partial charge in [-0.3, -0.25) is 10.1 Å². The van der Waals surface area contributed by atoms with Gasteiger partial charge in [-0.1, -0.05) is 49.6 Å². The van der Waals surface area contributed by atoms with Crippen molar-refractivity contribution in [2.24, 2.45) is 11.8 Å². The molecule has 1 aromatic heterocycles. The summed E-state index contributed by atoms with van der Waals surface area (Å²) in [5.74, 6) is -0.358. The molecule has 3 saturated heterocycles. The van der Waals surface area contributed by atoms with Crippen LogP contribution in [0.2, 0.25) is 0 Å². The van der Waals surface area contributed by atoms with Gasteiger partial charge in [-0.25, -0.2) is 19.7 Å². The van der Waals surface area contributed by atoms with Gasteiger partial charge in [-0.15, -0.1) is 0 Å². The lowest BCUT2D eigenvalue weighted by Gasteiger charge is -2.52. The maximum Gasteiger partial charge on any atom is 0.343 e. The number of anilines is 1. The lowest BCUT2D eigenvalue weighted by atomic mass is 9.73. The summed E-state index contributed by atoms with van der Waals surface area (Å²) < 4.78 is 6.72.